The molecule has 1 fully saturated rings. The van der Waals surface area contributed by atoms with Crippen molar-refractivity contribution in [3.05, 3.63) is 36.0 Å². The van der Waals surface area contributed by atoms with E-state index in [1.165, 1.54) is 0 Å². The van der Waals surface area contributed by atoms with Crippen molar-refractivity contribution in [3.63, 3.8) is 0 Å². The van der Waals surface area contributed by atoms with Crippen molar-refractivity contribution in [2.45, 2.75) is 31.7 Å². The quantitative estimate of drug-likeness (QED) is 0.883. The molecule has 1 atom stereocenters. The number of hydrogen-bond acceptors (Lipinski definition) is 4. The molecule has 2 N–H and O–H groups in total. The van der Waals surface area contributed by atoms with Gasteiger partial charge in [-0.2, -0.15) is 5.10 Å². The fourth-order valence-corrected chi connectivity index (χ4v) is 3.23. The normalized spacial score (nSPS) is 17.8. The molecule has 0 spiro atoms. The molecule has 1 saturated heterocycles. The topological polar surface area (TPSA) is 78.5 Å². The van der Waals surface area contributed by atoms with Crippen LogP contribution in [0.15, 0.2) is 30.3 Å². The van der Waals surface area contributed by atoms with E-state index in [2.05, 4.69) is 10.2 Å². The average Bonchev–Trinajstić information content (AvgIpc) is 3.12. The van der Waals surface area contributed by atoms with Crippen LogP contribution in [0, 0.1) is 0 Å². The summed E-state index contributed by atoms with van der Waals surface area (Å²) in [5.41, 5.74) is 2.10. The molecule has 6 nitrogen and oxygen atoms in total. The van der Waals surface area contributed by atoms with Crippen molar-refractivity contribution >= 4 is 5.91 Å². The minimum Gasteiger partial charge on any atom is -0.497 e. The first-order chi connectivity index (χ1) is 11.7. The molecule has 1 aromatic heterocycles. The maximum Gasteiger partial charge on any atom is 0.272 e. The van der Waals surface area contributed by atoms with Crippen molar-refractivity contribution < 1.29 is 14.6 Å². The predicted octanol–water partition coefficient (Wildman–Crippen LogP) is 2.46. The summed E-state index contributed by atoms with van der Waals surface area (Å²) in [6, 6.07) is 9.48. The van der Waals surface area contributed by atoms with E-state index in [1.54, 1.807) is 13.2 Å². The Hall–Kier alpha value is -2.34. The van der Waals surface area contributed by atoms with Gasteiger partial charge in [-0.1, -0.05) is 12.1 Å². The van der Waals surface area contributed by atoms with Gasteiger partial charge in [0.1, 0.15) is 11.4 Å². The molecule has 24 heavy (non-hydrogen) atoms. The Morgan fingerprint density at radius 2 is 2.29 bits per heavy atom. The number of nitrogens with zero attached hydrogens (tertiary/aromatic N) is 2. The molecule has 6 heteroatoms. The summed E-state index contributed by atoms with van der Waals surface area (Å²) in [5, 5.41) is 16.3. The number of aromatic amines is 1. The van der Waals surface area contributed by atoms with Crippen LogP contribution in [0.1, 0.15) is 36.2 Å². The molecule has 0 radical (unpaired) electrons. The Morgan fingerprint density at radius 1 is 1.42 bits per heavy atom. The largest absolute Gasteiger partial charge is 0.497 e. The second kappa shape index (κ2) is 7.49. The Labute approximate surface area is 141 Å². The first-order valence-corrected chi connectivity index (χ1v) is 8.34. The average molecular weight is 329 g/mol. The predicted molar refractivity (Wildman–Crippen MR) is 91.0 cm³/mol. The fourth-order valence-electron chi connectivity index (χ4n) is 3.23. The van der Waals surface area contributed by atoms with Crippen molar-refractivity contribution in [2.75, 3.05) is 20.3 Å². The third kappa shape index (κ3) is 3.43. The van der Waals surface area contributed by atoms with Gasteiger partial charge in [-0.25, -0.2) is 0 Å². The fraction of sp³-hybridized carbons (Fsp3) is 0.444. The van der Waals surface area contributed by atoms with E-state index in [0.717, 1.165) is 37.1 Å². The summed E-state index contributed by atoms with van der Waals surface area (Å²) in [7, 11) is 1.62. The summed E-state index contributed by atoms with van der Waals surface area (Å²) in [6.07, 6.45) is 3.68. The maximum atomic E-state index is 12.8. The van der Waals surface area contributed by atoms with Crippen molar-refractivity contribution in [1.82, 2.24) is 15.1 Å². The number of amides is 1. The molecule has 2 aromatic rings. The van der Waals surface area contributed by atoms with Crippen LogP contribution in [-0.4, -0.2) is 52.4 Å². The van der Waals surface area contributed by atoms with Gasteiger partial charge in [0.2, 0.25) is 0 Å². The molecule has 1 aliphatic heterocycles. The van der Waals surface area contributed by atoms with Crippen molar-refractivity contribution in [2.24, 2.45) is 0 Å². The molecule has 1 amide bonds. The van der Waals surface area contributed by atoms with Crippen LogP contribution in [-0.2, 0) is 0 Å². The van der Waals surface area contributed by atoms with Crippen LogP contribution >= 0.6 is 0 Å². The Balaban J connectivity index is 1.80. The lowest BCUT2D eigenvalue weighted by atomic mass is 9.99. The monoisotopic (exact) mass is 329 g/mol. The van der Waals surface area contributed by atoms with Crippen molar-refractivity contribution in [3.8, 4) is 17.0 Å². The lowest BCUT2D eigenvalue weighted by Crippen LogP contribution is -2.44. The van der Waals surface area contributed by atoms with Gasteiger partial charge in [0.05, 0.1) is 12.8 Å². The van der Waals surface area contributed by atoms with Gasteiger partial charge >= 0.3 is 0 Å². The zero-order valence-electron chi connectivity index (χ0n) is 13.9. The number of carbonyl (C=O) groups is 1. The van der Waals surface area contributed by atoms with E-state index < -0.39 is 0 Å². The summed E-state index contributed by atoms with van der Waals surface area (Å²) in [4.78, 5) is 14.7. The number of carbonyl (C=O) groups excluding carboxylic acids is 1. The van der Waals surface area contributed by atoms with E-state index in [0.29, 0.717) is 17.8 Å². The Kier molecular flexibility index (Phi) is 5.15. The van der Waals surface area contributed by atoms with Gasteiger partial charge < -0.3 is 14.7 Å². The molecule has 1 unspecified atom stereocenters. The highest BCUT2D eigenvalue weighted by molar-refractivity contribution is 5.93. The molecule has 2 heterocycles. The van der Waals surface area contributed by atoms with Crippen LogP contribution in [0.2, 0.25) is 0 Å². The lowest BCUT2D eigenvalue weighted by Gasteiger charge is -2.35. The zero-order valence-corrected chi connectivity index (χ0v) is 13.9. The molecular formula is C18H23N3O3. The summed E-state index contributed by atoms with van der Waals surface area (Å²) < 4.78 is 5.23. The van der Waals surface area contributed by atoms with E-state index in [4.69, 9.17) is 4.74 Å². The molecule has 128 valence electrons. The first-order valence-electron chi connectivity index (χ1n) is 8.34. The molecule has 3 rings (SSSR count). The second-order valence-corrected chi connectivity index (χ2v) is 6.06. The summed E-state index contributed by atoms with van der Waals surface area (Å²) >= 11 is 0. The van der Waals surface area contributed by atoms with Gasteiger partial charge in [0.25, 0.3) is 5.91 Å². The van der Waals surface area contributed by atoms with Crippen LogP contribution in [0.25, 0.3) is 11.3 Å². The molecule has 0 saturated carbocycles. The first kappa shape index (κ1) is 16.5. The highest BCUT2D eigenvalue weighted by atomic mass is 16.5. The Morgan fingerprint density at radius 3 is 3.08 bits per heavy atom. The number of nitrogens with one attached hydrogen (secondary N) is 1. The number of piperidine rings is 1. The SMILES string of the molecule is COc1cccc(-c2cc(C(=O)N3CCCCC3CCO)[nH]n2)c1. The maximum absolute atomic E-state index is 12.8. The second-order valence-electron chi connectivity index (χ2n) is 6.06. The van der Waals surface area contributed by atoms with Gasteiger partial charge in [-0.15, -0.1) is 0 Å². The highest BCUT2D eigenvalue weighted by Gasteiger charge is 2.28. The number of ether oxygens (including phenoxy) is 1. The molecule has 0 aliphatic carbocycles. The van der Waals surface area contributed by atoms with E-state index in [9.17, 15) is 9.90 Å². The van der Waals surface area contributed by atoms with Gasteiger partial charge in [-0.3, -0.25) is 9.89 Å². The third-order valence-electron chi connectivity index (χ3n) is 4.52. The third-order valence-corrected chi connectivity index (χ3v) is 4.52. The van der Waals surface area contributed by atoms with Gasteiger partial charge in [0, 0.05) is 24.8 Å². The molecule has 1 aromatic carbocycles. The summed E-state index contributed by atoms with van der Waals surface area (Å²) in [6.45, 7) is 0.837. The van der Waals surface area contributed by atoms with Crippen LogP contribution in [0.3, 0.4) is 0 Å². The summed E-state index contributed by atoms with van der Waals surface area (Å²) in [5.74, 6) is 0.706. The standard InChI is InChI=1S/C18H23N3O3/c1-24-15-7-4-5-13(11-15)16-12-17(20-19-16)18(23)21-9-3-2-6-14(21)8-10-22/h4-5,7,11-12,14,22H,2-3,6,8-10H2,1H3,(H,19,20). The highest BCUT2D eigenvalue weighted by Crippen LogP contribution is 2.25. The number of aliphatic hydroxyl groups is 1. The molecule has 1 aliphatic rings. The molecular weight excluding hydrogens is 306 g/mol. The zero-order chi connectivity index (χ0) is 16.9. The minimum atomic E-state index is -0.0465. The van der Waals surface area contributed by atoms with Crippen LogP contribution in [0.5, 0.6) is 5.75 Å². The van der Waals surface area contributed by atoms with Gasteiger partial charge in [-0.05, 0) is 43.9 Å². The number of likely N-dealkylation sites (tertiary alicyclic amines) is 1. The van der Waals surface area contributed by atoms with Crippen LogP contribution in [0.4, 0.5) is 0 Å². The van der Waals surface area contributed by atoms with Crippen molar-refractivity contribution in [1.29, 1.82) is 0 Å². The minimum absolute atomic E-state index is 0.0465. The number of H-pyrrole nitrogens is 1. The lowest BCUT2D eigenvalue weighted by molar-refractivity contribution is 0.0568. The number of aliphatic hydroxyl groups excluding tert-OH is 1. The number of aromatic nitrogens is 2. The van der Waals surface area contributed by atoms with Crippen LogP contribution < -0.4 is 4.74 Å². The number of rotatable bonds is 5. The number of benzene rings is 1. The van der Waals surface area contributed by atoms with E-state index in [-0.39, 0.29) is 18.6 Å². The molecule has 0 bridgehead atoms. The van der Waals surface area contributed by atoms with Gasteiger partial charge in [0.15, 0.2) is 0 Å². The number of hydrogen-bond donors (Lipinski definition) is 2. The smallest absolute Gasteiger partial charge is 0.272 e. The Bertz CT molecular complexity index is 696. The van der Waals surface area contributed by atoms with E-state index in [1.807, 2.05) is 29.2 Å². The van der Waals surface area contributed by atoms with E-state index >= 15 is 0 Å². The number of methoxy groups -OCH3 is 1.